The SMILES string of the molecule is Cc1ccc(F)c(NCC2(O)CCC(C(=O)O)CC2)c1. The molecule has 0 bridgehead atoms. The van der Waals surface area contributed by atoms with Crippen LogP contribution in [0.1, 0.15) is 31.2 Å². The van der Waals surface area contributed by atoms with E-state index in [-0.39, 0.29) is 18.3 Å². The fraction of sp³-hybridized carbons (Fsp3) is 0.533. The normalized spacial score (nSPS) is 26.2. The van der Waals surface area contributed by atoms with Crippen molar-refractivity contribution in [2.45, 2.75) is 38.2 Å². The van der Waals surface area contributed by atoms with E-state index in [1.165, 1.54) is 6.07 Å². The second kappa shape index (κ2) is 5.79. The van der Waals surface area contributed by atoms with Crippen molar-refractivity contribution in [3.05, 3.63) is 29.6 Å². The summed E-state index contributed by atoms with van der Waals surface area (Å²) in [5.41, 5.74) is 0.358. The molecule has 110 valence electrons. The van der Waals surface area contributed by atoms with Crippen molar-refractivity contribution in [2.24, 2.45) is 5.92 Å². The molecule has 20 heavy (non-hydrogen) atoms. The number of hydrogen-bond acceptors (Lipinski definition) is 3. The van der Waals surface area contributed by atoms with Gasteiger partial charge in [0.1, 0.15) is 5.82 Å². The van der Waals surface area contributed by atoms with Crippen LogP contribution in [0.5, 0.6) is 0 Å². The molecule has 0 amide bonds. The van der Waals surface area contributed by atoms with Crippen LogP contribution in [-0.2, 0) is 4.79 Å². The molecule has 0 spiro atoms. The van der Waals surface area contributed by atoms with Crippen LogP contribution >= 0.6 is 0 Å². The van der Waals surface area contributed by atoms with Gasteiger partial charge in [-0.25, -0.2) is 4.39 Å². The van der Waals surface area contributed by atoms with E-state index in [2.05, 4.69) is 5.32 Å². The van der Waals surface area contributed by atoms with E-state index in [0.29, 0.717) is 31.4 Å². The Morgan fingerprint density at radius 2 is 2.10 bits per heavy atom. The summed E-state index contributed by atoms with van der Waals surface area (Å²) >= 11 is 0. The lowest BCUT2D eigenvalue weighted by Crippen LogP contribution is -2.42. The summed E-state index contributed by atoms with van der Waals surface area (Å²) in [7, 11) is 0. The van der Waals surface area contributed by atoms with E-state index in [1.54, 1.807) is 12.1 Å². The third-order valence-electron chi connectivity index (χ3n) is 4.00. The van der Waals surface area contributed by atoms with E-state index in [0.717, 1.165) is 5.56 Å². The van der Waals surface area contributed by atoms with Gasteiger partial charge in [0, 0.05) is 6.54 Å². The first-order valence-corrected chi connectivity index (χ1v) is 6.85. The molecule has 2 rings (SSSR count). The van der Waals surface area contributed by atoms with Crippen molar-refractivity contribution < 1.29 is 19.4 Å². The smallest absolute Gasteiger partial charge is 0.306 e. The minimum Gasteiger partial charge on any atom is -0.481 e. The average Bonchev–Trinajstić information content (AvgIpc) is 2.40. The predicted molar refractivity (Wildman–Crippen MR) is 74.2 cm³/mol. The zero-order valence-corrected chi connectivity index (χ0v) is 11.5. The number of carbonyl (C=O) groups is 1. The van der Waals surface area contributed by atoms with Gasteiger partial charge in [0.15, 0.2) is 0 Å². The van der Waals surface area contributed by atoms with Crippen LogP contribution in [-0.4, -0.2) is 28.3 Å². The third-order valence-corrected chi connectivity index (χ3v) is 4.00. The molecule has 0 aromatic heterocycles. The van der Waals surface area contributed by atoms with Crippen LogP contribution < -0.4 is 5.32 Å². The highest BCUT2D eigenvalue weighted by atomic mass is 19.1. The molecule has 3 N–H and O–H groups in total. The first kappa shape index (κ1) is 14.8. The number of benzene rings is 1. The number of aliphatic hydroxyl groups is 1. The standard InChI is InChI=1S/C15H20FNO3/c1-10-2-3-12(16)13(8-10)17-9-15(20)6-4-11(5-7-15)14(18)19/h2-3,8,11,17,20H,4-7,9H2,1H3,(H,18,19). The van der Waals surface area contributed by atoms with Gasteiger partial charge in [0.2, 0.25) is 0 Å². The highest BCUT2D eigenvalue weighted by Crippen LogP contribution is 2.32. The summed E-state index contributed by atoms with van der Waals surface area (Å²) in [6.45, 7) is 2.11. The van der Waals surface area contributed by atoms with Crippen LogP contribution in [0, 0.1) is 18.7 Å². The van der Waals surface area contributed by atoms with Gasteiger partial charge in [0.05, 0.1) is 17.2 Å². The van der Waals surface area contributed by atoms with Crippen LogP contribution in [0.15, 0.2) is 18.2 Å². The maximum atomic E-state index is 13.6. The average molecular weight is 281 g/mol. The van der Waals surface area contributed by atoms with Gasteiger partial charge in [-0.15, -0.1) is 0 Å². The van der Waals surface area contributed by atoms with Gasteiger partial charge in [-0.3, -0.25) is 4.79 Å². The van der Waals surface area contributed by atoms with Gasteiger partial charge < -0.3 is 15.5 Å². The molecule has 5 heteroatoms. The molecule has 0 atom stereocenters. The second-order valence-electron chi connectivity index (χ2n) is 5.67. The Kier molecular flexibility index (Phi) is 4.28. The number of aliphatic carboxylic acids is 1. The molecule has 0 unspecified atom stereocenters. The van der Waals surface area contributed by atoms with E-state index in [4.69, 9.17) is 5.11 Å². The van der Waals surface area contributed by atoms with E-state index in [9.17, 15) is 14.3 Å². The molecule has 4 nitrogen and oxygen atoms in total. The largest absolute Gasteiger partial charge is 0.481 e. The molecule has 1 aliphatic rings. The molecule has 1 aromatic rings. The fourth-order valence-electron chi connectivity index (χ4n) is 2.61. The van der Waals surface area contributed by atoms with Crippen LogP contribution in [0.3, 0.4) is 0 Å². The quantitative estimate of drug-likeness (QED) is 0.793. The molecule has 0 radical (unpaired) electrons. The number of halogens is 1. The molecule has 1 aliphatic carbocycles. The lowest BCUT2D eigenvalue weighted by Gasteiger charge is -2.35. The van der Waals surface area contributed by atoms with Crippen molar-refractivity contribution in [1.82, 2.24) is 0 Å². The van der Waals surface area contributed by atoms with Crippen molar-refractivity contribution in [3.8, 4) is 0 Å². The van der Waals surface area contributed by atoms with Gasteiger partial charge in [-0.1, -0.05) is 6.07 Å². The molecule has 0 aliphatic heterocycles. The molecular formula is C15H20FNO3. The summed E-state index contributed by atoms with van der Waals surface area (Å²) in [6.07, 6.45) is 1.77. The topological polar surface area (TPSA) is 69.6 Å². The molecular weight excluding hydrogens is 261 g/mol. The Labute approximate surface area is 117 Å². The summed E-state index contributed by atoms with van der Waals surface area (Å²) < 4.78 is 13.6. The number of anilines is 1. The highest BCUT2D eigenvalue weighted by Gasteiger charge is 2.35. The van der Waals surface area contributed by atoms with Gasteiger partial charge >= 0.3 is 5.97 Å². The molecule has 0 heterocycles. The molecule has 1 aromatic carbocycles. The zero-order valence-electron chi connectivity index (χ0n) is 11.5. The van der Waals surface area contributed by atoms with Gasteiger partial charge in [-0.2, -0.15) is 0 Å². The fourth-order valence-corrected chi connectivity index (χ4v) is 2.61. The Hall–Kier alpha value is -1.62. The van der Waals surface area contributed by atoms with E-state index >= 15 is 0 Å². The number of hydrogen-bond donors (Lipinski definition) is 3. The Bertz CT molecular complexity index is 496. The summed E-state index contributed by atoms with van der Waals surface area (Å²) in [5.74, 6) is -1.52. The monoisotopic (exact) mass is 281 g/mol. The van der Waals surface area contributed by atoms with Gasteiger partial charge in [0.25, 0.3) is 0 Å². The van der Waals surface area contributed by atoms with Crippen LogP contribution in [0.4, 0.5) is 10.1 Å². The molecule has 0 saturated heterocycles. The summed E-state index contributed by atoms with van der Waals surface area (Å²) in [4.78, 5) is 10.9. The number of carboxylic acid groups (broad SMARTS) is 1. The number of aryl methyl sites for hydroxylation is 1. The van der Waals surface area contributed by atoms with Crippen molar-refractivity contribution in [2.75, 3.05) is 11.9 Å². The Morgan fingerprint density at radius 3 is 2.70 bits per heavy atom. The summed E-state index contributed by atoms with van der Waals surface area (Å²) in [6, 6.07) is 4.78. The number of nitrogens with one attached hydrogen (secondary N) is 1. The maximum Gasteiger partial charge on any atom is 0.306 e. The molecule has 1 saturated carbocycles. The van der Waals surface area contributed by atoms with Crippen molar-refractivity contribution >= 4 is 11.7 Å². The van der Waals surface area contributed by atoms with Crippen LogP contribution in [0.2, 0.25) is 0 Å². The predicted octanol–water partition coefficient (Wildman–Crippen LogP) is 2.55. The zero-order chi connectivity index (χ0) is 14.8. The van der Waals surface area contributed by atoms with Crippen molar-refractivity contribution in [3.63, 3.8) is 0 Å². The van der Waals surface area contributed by atoms with E-state index < -0.39 is 11.6 Å². The first-order chi connectivity index (χ1) is 9.39. The number of carboxylic acids is 1. The highest BCUT2D eigenvalue weighted by molar-refractivity contribution is 5.70. The third kappa shape index (κ3) is 3.48. The number of rotatable bonds is 4. The summed E-state index contributed by atoms with van der Waals surface area (Å²) in [5, 5.41) is 22.3. The van der Waals surface area contributed by atoms with Gasteiger partial charge in [-0.05, 0) is 50.3 Å². The lowest BCUT2D eigenvalue weighted by molar-refractivity contribution is -0.144. The first-order valence-electron chi connectivity index (χ1n) is 6.85. The minimum atomic E-state index is -0.956. The maximum absolute atomic E-state index is 13.6. The molecule has 1 fully saturated rings. The second-order valence-corrected chi connectivity index (χ2v) is 5.67. The lowest BCUT2D eigenvalue weighted by atomic mass is 9.79. The van der Waals surface area contributed by atoms with Crippen LogP contribution in [0.25, 0.3) is 0 Å². The van der Waals surface area contributed by atoms with Crippen molar-refractivity contribution in [1.29, 1.82) is 0 Å². The Balaban J connectivity index is 1.94. The Morgan fingerprint density at radius 1 is 1.45 bits per heavy atom. The van der Waals surface area contributed by atoms with E-state index in [1.807, 2.05) is 6.92 Å². The minimum absolute atomic E-state index is 0.236.